The Bertz CT molecular complexity index is 3210. The number of nitrogens with zero attached hydrogens (tertiary/aromatic N) is 2. The monoisotopic (exact) mass is 718 g/mol. The molecule has 0 fully saturated rings. The van der Waals surface area contributed by atoms with E-state index in [1.54, 1.807) is 0 Å². The van der Waals surface area contributed by atoms with Crippen LogP contribution in [-0.2, 0) is 0 Å². The van der Waals surface area contributed by atoms with Crippen molar-refractivity contribution in [2.45, 2.75) is 0 Å². The second-order valence-electron chi connectivity index (χ2n) is 14.2. The topological polar surface area (TPSA) is 8.17 Å². The predicted molar refractivity (Wildman–Crippen MR) is 237 cm³/mol. The smallest absolute Gasteiger partial charge is 0.0542 e. The van der Waals surface area contributed by atoms with Crippen molar-refractivity contribution in [3.05, 3.63) is 206 Å². The van der Waals surface area contributed by atoms with Gasteiger partial charge >= 0.3 is 0 Å². The molecule has 0 saturated carbocycles. The molecule has 2 heterocycles. The van der Waals surface area contributed by atoms with Gasteiger partial charge in [-0.2, -0.15) is 0 Å². The van der Waals surface area contributed by atoms with E-state index in [0.29, 0.717) is 0 Å². The second kappa shape index (κ2) is 12.9. The van der Waals surface area contributed by atoms with Crippen LogP contribution in [0.3, 0.4) is 0 Å². The molecule has 2 nitrogen and oxygen atoms in total. The molecular weight excluding hydrogens is 685 g/mol. The first-order valence-corrected chi connectivity index (χ1v) is 19.6. The van der Waals surface area contributed by atoms with Gasteiger partial charge in [-0.1, -0.05) is 127 Å². The van der Waals surface area contributed by atoms with Crippen molar-refractivity contribution in [1.82, 2.24) is 4.57 Å². The number of hydrogen-bond donors (Lipinski definition) is 0. The minimum atomic E-state index is 1.10. The highest BCUT2D eigenvalue weighted by molar-refractivity contribution is 7.25. The van der Waals surface area contributed by atoms with Gasteiger partial charge in [-0.05, 0) is 106 Å². The molecule has 0 amide bonds. The summed E-state index contributed by atoms with van der Waals surface area (Å²) in [5.41, 5.74) is 11.7. The van der Waals surface area contributed by atoms with Crippen LogP contribution in [0.15, 0.2) is 206 Å². The van der Waals surface area contributed by atoms with Crippen LogP contribution >= 0.6 is 11.3 Å². The van der Waals surface area contributed by atoms with Crippen molar-refractivity contribution in [2.24, 2.45) is 0 Å². The molecule has 0 atom stereocenters. The van der Waals surface area contributed by atoms with Crippen LogP contribution in [0.2, 0.25) is 0 Å². The van der Waals surface area contributed by atoms with Crippen molar-refractivity contribution in [2.75, 3.05) is 4.90 Å². The van der Waals surface area contributed by atoms with Crippen molar-refractivity contribution < 1.29 is 0 Å². The van der Waals surface area contributed by atoms with E-state index in [-0.39, 0.29) is 0 Å². The lowest BCUT2D eigenvalue weighted by molar-refractivity contribution is 1.18. The van der Waals surface area contributed by atoms with E-state index >= 15 is 0 Å². The first-order valence-electron chi connectivity index (χ1n) is 18.8. The molecule has 3 heteroatoms. The van der Waals surface area contributed by atoms with Gasteiger partial charge in [-0.15, -0.1) is 11.3 Å². The summed E-state index contributed by atoms with van der Waals surface area (Å²) in [6, 6.07) is 75.3. The van der Waals surface area contributed by atoms with Gasteiger partial charge in [0.15, 0.2) is 0 Å². The van der Waals surface area contributed by atoms with Gasteiger partial charge in [-0.3, -0.25) is 0 Å². The highest BCUT2D eigenvalue weighted by Crippen LogP contribution is 2.44. The van der Waals surface area contributed by atoms with Crippen molar-refractivity contribution >= 4 is 81.1 Å². The average molecular weight is 719 g/mol. The molecule has 258 valence electrons. The zero-order valence-corrected chi connectivity index (χ0v) is 30.7. The standard InChI is InChI=1S/C52H34N2S/c1-2-14-40(15-3-1)54-49-20-10-7-17-44(49)46-34-42(29-30-50(46)54)53(48-19-9-6-16-43(48)39-23-22-35-12-4-5-13-37(35)32-39)41-27-24-36(25-28-41)38-26-31-52-47(33-38)45-18-8-11-21-51(45)55-52/h1-34H. The molecule has 0 aliphatic heterocycles. The normalized spacial score (nSPS) is 11.6. The molecule has 0 aliphatic carbocycles. The summed E-state index contributed by atoms with van der Waals surface area (Å²) in [4.78, 5) is 2.43. The number of benzene rings is 9. The van der Waals surface area contributed by atoms with E-state index < -0.39 is 0 Å². The molecule has 0 spiro atoms. The first kappa shape index (κ1) is 31.6. The SMILES string of the molecule is c1ccc(-n2c3ccccc3c3cc(N(c4ccc(-c5ccc6sc7ccccc7c6c5)cc4)c4ccccc4-c4ccc5ccccc5c4)ccc32)cc1. The van der Waals surface area contributed by atoms with E-state index in [9.17, 15) is 0 Å². The molecule has 11 aromatic rings. The highest BCUT2D eigenvalue weighted by Gasteiger charge is 2.20. The Kier molecular flexibility index (Phi) is 7.39. The number of thiophene rings is 1. The van der Waals surface area contributed by atoms with Crippen LogP contribution in [0.25, 0.3) is 80.7 Å². The van der Waals surface area contributed by atoms with Crippen LogP contribution in [-0.4, -0.2) is 4.57 Å². The zero-order valence-electron chi connectivity index (χ0n) is 29.9. The summed E-state index contributed by atoms with van der Waals surface area (Å²) >= 11 is 1.86. The Hall–Kier alpha value is -6.94. The Morgan fingerprint density at radius 3 is 1.91 bits per heavy atom. The summed E-state index contributed by atoms with van der Waals surface area (Å²) < 4.78 is 5.03. The van der Waals surface area contributed by atoms with Crippen LogP contribution in [0.4, 0.5) is 17.1 Å². The van der Waals surface area contributed by atoms with E-state index in [4.69, 9.17) is 0 Å². The first-order chi connectivity index (χ1) is 27.3. The second-order valence-corrected chi connectivity index (χ2v) is 15.2. The summed E-state index contributed by atoms with van der Waals surface area (Å²) in [5.74, 6) is 0. The lowest BCUT2D eigenvalue weighted by Gasteiger charge is -2.28. The van der Waals surface area contributed by atoms with Gasteiger partial charge < -0.3 is 9.47 Å². The van der Waals surface area contributed by atoms with Crippen LogP contribution in [0.5, 0.6) is 0 Å². The van der Waals surface area contributed by atoms with Crippen molar-refractivity contribution in [3.8, 4) is 27.9 Å². The Balaban J connectivity index is 1.10. The Morgan fingerprint density at radius 2 is 1.02 bits per heavy atom. The number of aromatic nitrogens is 1. The summed E-state index contributed by atoms with van der Waals surface area (Å²) in [5, 5.41) is 7.56. The van der Waals surface area contributed by atoms with Gasteiger partial charge in [-0.25, -0.2) is 0 Å². The van der Waals surface area contributed by atoms with E-state index in [1.165, 1.54) is 75.0 Å². The minimum absolute atomic E-state index is 1.10. The Labute approximate surface area is 323 Å². The molecule has 0 N–H and O–H groups in total. The molecule has 0 aliphatic rings. The number of anilines is 3. The molecule has 0 radical (unpaired) electrons. The van der Waals surface area contributed by atoms with Gasteiger partial charge in [0.25, 0.3) is 0 Å². The maximum atomic E-state index is 2.43. The fourth-order valence-electron chi connectivity index (χ4n) is 8.36. The molecule has 0 bridgehead atoms. The zero-order chi connectivity index (χ0) is 36.3. The van der Waals surface area contributed by atoms with Gasteiger partial charge in [0.1, 0.15) is 0 Å². The van der Waals surface area contributed by atoms with Gasteiger partial charge in [0, 0.05) is 53.6 Å². The number of hydrogen-bond acceptors (Lipinski definition) is 2. The third-order valence-electron chi connectivity index (χ3n) is 11.0. The van der Waals surface area contributed by atoms with Gasteiger partial charge in [0.2, 0.25) is 0 Å². The average Bonchev–Trinajstić information content (AvgIpc) is 3.79. The molecule has 55 heavy (non-hydrogen) atoms. The van der Waals surface area contributed by atoms with Crippen LogP contribution in [0, 0.1) is 0 Å². The van der Waals surface area contributed by atoms with Crippen molar-refractivity contribution in [1.29, 1.82) is 0 Å². The Morgan fingerprint density at radius 1 is 0.364 bits per heavy atom. The molecule has 0 unspecified atom stereocenters. The minimum Gasteiger partial charge on any atom is -0.310 e. The van der Waals surface area contributed by atoms with Crippen LogP contribution < -0.4 is 4.90 Å². The van der Waals surface area contributed by atoms with E-state index in [0.717, 1.165) is 22.7 Å². The molecule has 9 aromatic carbocycles. The van der Waals surface area contributed by atoms with Crippen LogP contribution in [0.1, 0.15) is 0 Å². The molecular formula is C52H34N2S. The lowest BCUT2D eigenvalue weighted by atomic mass is 9.98. The molecule has 0 saturated heterocycles. The molecule has 11 rings (SSSR count). The van der Waals surface area contributed by atoms with Crippen molar-refractivity contribution in [3.63, 3.8) is 0 Å². The highest BCUT2D eigenvalue weighted by atomic mass is 32.1. The van der Waals surface area contributed by atoms with E-state index in [2.05, 4.69) is 216 Å². The summed E-state index contributed by atoms with van der Waals surface area (Å²) in [6.45, 7) is 0. The fraction of sp³-hybridized carbons (Fsp3) is 0. The fourth-order valence-corrected chi connectivity index (χ4v) is 9.45. The quantitative estimate of drug-likeness (QED) is 0.166. The molecule has 2 aromatic heterocycles. The number of para-hydroxylation sites is 3. The third kappa shape index (κ3) is 5.32. The lowest BCUT2D eigenvalue weighted by Crippen LogP contribution is -2.11. The maximum absolute atomic E-state index is 2.43. The summed E-state index contributed by atoms with van der Waals surface area (Å²) in [6.07, 6.45) is 0. The van der Waals surface area contributed by atoms with E-state index in [1.807, 2.05) is 11.3 Å². The van der Waals surface area contributed by atoms with Gasteiger partial charge in [0.05, 0.1) is 16.7 Å². The number of fused-ring (bicyclic) bond motifs is 7. The number of rotatable bonds is 6. The predicted octanol–water partition coefficient (Wildman–Crippen LogP) is 15.1. The maximum Gasteiger partial charge on any atom is 0.0542 e. The summed E-state index contributed by atoms with van der Waals surface area (Å²) in [7, 11) is 0. The largest absolute Gasteiger partial charge is 0.310 e. The third-order valence-corrected chi connectivity index (χ3v) is 12.1.